The van der Waals surface area contributed by atoms with Crippen molar-refractivity contribution < 1.29 is 14.3 Å². The minimum Gasteiger partial charge on any atom is -0.491 e. The van der Waals surface area contributed by atoms with Crippen molar-refractivity contribution in [3.8, 4) is 5.75 Å². The Bertz CT molecular complexity index is 955. The fraction of sp³-hybridized carbons (Fsp3) is 0.571. The maximum absolute atomic E-state index is 13.3. The second-order valence-corrected chi connectivity index (χ2v) is 10.1. The van der Waals surface area contributed by atoms with Crippen LogP contribution in [0, 0.1) is 6.92 Å². The van der Waals surface area contributed by atoms with Crippen molar-refractivity contribution in [2.24, 2.45) is 0 Å². The Morgan fingerprint density at radius 2 is 2.09 bits per heavy atom. The predicted octanol–water partition coefficient (Wildman–Crippen LogP) is 5.07. The number of nitrogens with zero attached hydrogens (tertiary/aromatic N) is 2. The Morgan fingerprint density at radius 3 is 2.74 bits per heavy atom. The van der Waals surface area contributed by atoms with Crippen LogP contribution in [0.2, 0.25) is 0 Å². The third kappa shape index (κ3) is 5.78. The van der Waals surface area contributed by atoms with Crippen molar-refractivity contribution in [1.82, 2.24) is 15.2 Å². The first-order valence-corrected chi connectivity index (χ1v) is 12.8. The van der Waals surface area contributed by atoms with E-state index in [1.165, 1.54) is 0 Å². The van der Waals surface area contributed by atoms with Crippen LogP contribution in [0.3, 0.4) is 0 Å². The Labute approximate surface area is 204 Å². The highest BCUT2D eigenvalue weighted by molar-refractivity contribution is 5.94. The van der Waals surface area contributed by atoms with E-state index in [2.05, 4.69) is 23.3 Å². The van der Waals surface area contributed by atoms with Gasteiger partial charge in [0.2, 0.25) is 0 Å². The fourth-order valence-electron chi connectivity index (χ4n) is 5.25. The molecular weight excluding hydrogens is 426 g/mol. The molecule has 0 radical (unpaired) electrons. The van der Waals surface area contributed by atoms with Gasteiger partial charge in [-0.25, -0.2) is 0 Å². The third-order valence-corrected chi connectivity index (χ3v) is 6.99. The molecule has 34 heavy (non-hydrogen) atoms. The fourth-order valence-corrected chi connectivity index (χ4v) is 5.25. The second-order valence-electron chi connectivity index (χ2n) is 10.1. The molecule has 0 aliphatic carbocycles. The first-order chi connectivity index (χ1) is 16.4. The number of benzene rings is 1. The molecule has 1 aromatic carbocycles. The molecule has 2 saturated heterocycles. The van der Waals surface area contributed by atoms with E-state index in [1.807, 2.05) is 62.3 Å². The number of hydrogen-bond donors (Lipinski definition) is 1. The molecule has 0 bridgehead atoms. The van der Waals surface area contributed by atoms with E-state index in [4.69, 9.17) is 9.47 Å². The maximum Gasteiger partial charge on any atom is 0.253 e. The lowest BCUT2D eigenvalue weighted by molar-refractivity contribution is -0.160. The summed E-state index contributed by atoms with van der Waals surface area (Å²) in [6.45, 7) is 10.7. The molecule has 1 spiro atoms. The Morgan fingerprint density at radius 1 is 1.29 bits per heavy atom. The molecule has 2 atom stereocenters. The highest BCUT2D eigenvalue weighted by atomic mass is 16.5. The van der Waals surface area contributed by atoms with Gasteiger partial charge in [0, 0.05) is 37.1 Å². The van der Waals surface area contributed by atoms with Crippen LogP contribution in [-0.4, -0.2) is 53.2 Å². The first-order valence-electron chi connectivity index (χ1n) is 12.8. The van der Waals surface area contributed by atoms with Crippen molar-refractivity contribution in [3.05, 3.63) is 59.4 Å². The largest absolute Gasteiger partial charge is 0.491 e. The molecule has 6 nitrogen and oxygen atoms in total. The molecule has 2 aliphatic rings. The van der Waals surface area contributed by atoms with Gasteiger partial charge in [-0.3, -0.25) is 9.78 Å². The van der Waals surface area contributed by atoms with Crippen LogP contribution in [0.5, 0.6) is 5.75 Å². The number of hydrogen-bond acceptors (Lipinski definition) is 5. The minimum absolute atomic E-state index is 0.0372. The number of piperidine rings is 1. The van der Waals surface area contributed by atoms with Crippen molar-refractivity contribution in [1.29, 1.82) is 0 Å². The van der Waals surface area contributed by atoms with Gasteiger partial charge < -0.3 is 19.7 Å². The lowest BCUT2D eigenvalue weighted by Crippen LogP contribution is -2.54. The van der Waals surface area contributed by atoms with Gasteiger partial charge >= 0.3 is 0 Å². The monoisotopic (exact) mass is 465 g/mol. The van der Waals surface area contributed by atoms with Crippen LogP contribution in [0.25, 0.3) is 0 Å². The zero-order valence-corrected chi connectivity index (χ0v) is 21.0. The van der Waals surface area contributed by atoms with Gasteiger partial charge in [0.25, 0.3) is 5.91 Å². The number of nitrogens with one attached hydrogen (secondary N) is 1. The van der Waals surface area contributed by atoms with Gasteiger partial charge in [0.1, 0.15) is 5.75 Å². The van der Waals surface area contributed by atoms with E-state index in [0.717, 1.165) is 61.1 Å². The first kappa shape index (κ1) is 24.7. The van der Waals surface area contributed by atoms with Crippen molar-refractivity contribution >= 4 is 5.91 Å². The average molecular weight is 466 g/mol. The van der Waals surface area contributed by atoms with Crippen LogP contribution in [0.1, 0.15) is 80.5 Å². The lowest BCUT2D eigenvalue weighted by atomic mass is 9.79. The van der Waals surface area contributed by atoms with E-state index in [0.29, 0.717) is 19.1 Å². The third-order valence-electron chi connectivity index (χ3n) is 6.99. The summed E-state index contributed by atoms with van der Waals surface area (Å²) in [4.78, 5) is 19.6. The van der Waals surface area contributed by atoms with Crippen molar-refractivity contribution in [3.63, 3.8) is 0 Å². The molecule has 1 aromatic heterocycles. The van der Waals surface area contributed by atoms with E-state index in [1.54, 1.807) is 0 Å². The number of ether oxygens (including phenoxy) is 2. The van der Waals surface area contributed by atoms with E-state index < -0.39 is 0 Å². The Kier molecular flexibility index (Phi) is 7.89. The molecular formula is C28H39N3O3. The molecule has 6 heteroatoms. The Balaban J connectivity index is 1.44. The number of carbonyl (C=O) groups is 1. The molecule has 2 aliphatic heterocycles. The summed E-state index contributed by atoms with van der Waals surface area (Å²) >= 11 is 0. The number of amides is 1. The van der Waals surface area contributed by atoms with Gasteiger partial charge in [-0.05, 0) is 94.8 Å². The normalized spacial score (nSPS) is 22.2. The van der Waals surface area contributed by atoms with E-state index >= 15 is 0 Å². The van der Waals surface area contributed by atoms with Gasteiger partial charge in [-0.15, -0.1) is 0 Å². The number of aryl methyl sites for hydroxylation is 1. The molecule has 1 N–H and O–H groups in total. The van der Waals surface area contributed by atoms with Gasteiger partial charge in [0.05, 0.1) is 17.8 Å². The summed E-state index contributed by atoms with van der Waals surface area (Å²) in [5.41, 5.74) is 2.66. The average Bonchev–Trinajstić information content (AvgIpc) is 2.84. The molecule has 184 valence electrons. The number of pyridine rings is 1. The predicted molar refractivity (Wildman–Crippen MR) is 134 cm³/mol. The SMILES string of the molecule is CCCNC1CC(c2cccnc2)OC2(CCN(C(=O)c3ccc(OC(C)C)c(C)c3)CC2)C1. The summed E-state index contributed by atoms with van der Waals surface area (Å²) in [5, 5.41) is 3.73. The summed E-state index contributed by atoms with van der Waals surface area (Å²) in [6.07, 6.45) is 8.66. The second kappa shape index (κ2) is 10.9. The van der Waals surface area contributed by atoms with E-state index in [9.17, 15) is 4.79 Å². The molecule has 2 unspecified atom stereocenters. The summed E-state index contributed by atoms with van der Waals surface area (Å²) in [5.74, 6) is 0.932. The molecule has 1 amide bonds. The van der Waals surface area contributed by atoms with Crippen LogP contribution in [0.4, 0.5) is 0 Å². The number of likely N-dealkylation sites (tertiary alicyclic amines) is 1. The van der Waals surface area contributed by atoms with Crippen LogP contribution in [-0.2, 0) is 4.74 Å². The van der Waals surface area contributed by atoms with Gasteiger partial charge in [-0.2, -0.15) is 0 Å². The highest BCUT2D eigenvalue weighted by Crippen LogP contribution is 2.43. The Hall–Kier alpha value is -2.44. The highest BCUT2D eigenvalue weighted by Gasteiger charge is 2.44. The maximum atomic E-state index is 13.3. The van der Waals surface area contributed by atoms with Crippen LogP contribution >= 0.6 is 0 Å². The summed E-state index contributed by atoms with van der Waals surface area (Å²) in [7, 11) is 0. The smallest absolute Gasteiger partial charge is 0.253 e. The standard InChI is InChI=1S/C28H39N3O3/c1-5-12-30-24-17-26(23-7-6-13-29-19-23)34-28(18-24)10-14-31(15-11-28)27(32)22-8-9-25(21(4)16-22)33-20(2)3/h6-9,13,16,19-20,24,26,30H,5,10-12,14-15,17-18H2,1-4H3. The number of rotatable bonds is 7. The zero-order chi connectivity index (χ0) is 24.1. The zero-order valence-electron chi connectivity index (χ0n) is 21.0. The van der Waals surface area contributed by atoms with Crippen LogP contribution in [0.15, 0.2) is 42.7 Å². The molecule has 0 saturated carbocycles. The molecule has 4 rings (SSSR count). The lowest BCUT2D eigenvalue weighted by Gasteiger charge is -2.49. The topological polar surface area (TPSA) is 63.7 Å². The van der Waals surface area contributed by atoms with Gasteiger partial charge in [0.15, 0.2) is 0 Å². The number of carbonyl (C=O) groups excluding carboxylic acids is 1. The molecule has 3 heterocycles. The minimum atomic E-state index is -0.203. The van der Waals surface area contributed by atoms with Crippen molar-refractivity contribution in [2.75, 3.05) is 19.6 Å². The molecule has 2 aromatic rings. The number of aromatic nitrogens is 1. The van der Waals surface area contributed by atoms with Gasteiger partial charge in [-0.1, -0.05) is 13.0 Å². The summed E-state index contributed by atoms with van der Waals surface area (Å²) in [6, 6.07) is 10.3. The molecule has 2 fully saturated rings. The summed E-state index contributed by atoms with van der Waals surface area (Å²) < 4.78 is 12.6. The van der Waals surface area contributed by atoms with Crippen LogP contribution < -0.4 is 10.1 Å². The van der Waals surface area contributed by atoms with E-state index in [-0.39, 0.29) is 23.7 Å². The quantitative estimate of drug-likeness (QED) is 0.618. The van der Waals surface area contributed by atoms with Crippen molar-refractivity contribution in [2.45, 2.75) is 83.6 Å².